The van der Waals surface area contributed by atoms with Crippen LogP contribution in [0.4, 0.5) is 0 Å². The third-order valence-corrected chi connectivity index (χ3v) is 2.40. The van der Waals surface area contributed by atoms with Gasteiger partial charge >= 0.3 is 0 Å². The molecule has 58 valence electrons. The Kier molecular flexibility index (Phi) is 2.56. The van der Waals surface area contributed by atoms with Crippen LogP contribution in [0.15, 0.2) is 0 Å². The van der Waals surface area contributed by atoms with E-state index >= 15 is 0 Å². The molecule has 3 nitrogen and oxygen atoms in total. The van der Waals surface area contributed by atoms with Gasteiger partial charge in [0, 0.05) is 25.7 Å². The number of carbonyl (C=O) groups is 1. The molecule has 1 aliphatic heterocycles. The number of nitrogens with one attached hydrogen (secondary N) is 1. The lowest BCUT2D eigenvalue weighted by Crippen LogP contribution is -2.41. The van der Waals surface area contributed by atoms with E-state index in [1.807, 2.05) is 0 Å². The predicted molar refractivity (Wildman–Crippen MR) is 42.9 cm³/mol. The van der Waals surface area contributed by atoms with Crippen LogP contribution in [-0.2, 0) is 4.79 Å². The molecule has 1 amide bonds. The molecule has 0 aliphatic carbocycles. The van der Waals surface area contributed by atoms with E-state index in [1.165, 1.54) is 0 Å². The topological polar surface area (TPSA) is 32.3 Å². The molecule has 1 atom stereocenters. The van der Waals surface area contributed by atoms with E-state index in [-0.39, 0.29) is 11.9 Å². The van der Waals surface area contributed by atoms with E-state index in [9.17, 15) is 4.79 Å². The largest absolute Gasteiger partial charge is 0.347 e. The fourth-order valence-corrected chi connectivity index (χ4v) is 1.80. The number of likely N-dealkylation sites (N-methyl/N-ethyl adjacent to an activating group) is 1. The third kappa shape index (κ3) is 1.64. The highest BCUT2D eigenvalue weighted by Gasteiger charge is 2.23. The molecule has 1 rings (SSSR count). The summed E-state index contributed by atoms with van der Waals surface area (Å²) in [5.74, 6) is 2.01. The molecular formula is C6H12N2OS. The molecule has 10 heavy (non-hydrogen) atoms. The first-order valence-electron chi connectivity index (χ1n) is 3.24. The maximum absolute atomic E-state index is 11.2. The highest BCUT2D eigenvalue weighted by atomic mass is 32.2. The molecule has 0 aromatic rings. The molecule has 1 fully saturated rings. The molecule has 0 bridgehead atoms. The van der Waals surface area contributed by atoms with Gasteiger partial charge in [0.25, 0.3) is 0 Å². The first kappa shape index (κ1) is 7.88. The van der Waals surface area contributed by atoms with Gasteiger partial charge in [0.15, 0.2) is 0 Å². The van der Waals surface area contributed by atoms with Crippen molar-refractivity contribution in [2.75, 3.05) is 25.7 Å². The van der Waals surface area contributed by atoms with Crippen molar-refractivity contribution < 1.29 is 4.79 Å². The van der Waals surface area contributed by atoms with Crippen molar-refractivity contribution in [3.8, 4) is 0 Å². The van der Waals surface area contributed by atoms with Gasteiger partial charge in [-0.15, -0.1) is 11.8 Å². The van der Waals surface area contributed by atoms with Gasteiger partial charge in [-0.1, -0.05) is 0 Å². The normalized spacial score (nSPS) is 24.8. The number of nitrogens with zero attached hydrogens (tertiary/aromatic N) is 1. The minimum Gasteiger partial charge on any atom is -0.347 e. The van der Waals surface area contributed by atoms with Gasteiger partial charge in [0.2, 0.25) is 5.91 Å². The lowest BCUT2D eigenvalue weighted by Gasteiger charge is -2.14. The number of carbonyl (C=O) groups excluding carboxylic acids is 1. The molecule has 0 spiro atoms. The van der Waals surface area contributed by atoms with E-state index in [1.54, 1.807) is 30.8 Å². The van der Waals surface area contributed by atoms with E-state index in [0.29, 0.717) is 0 Å². The fraction of sp³-hybridized carbons (Fsp3) is 0.833. The van der Waals surface area contributed by atoms with Gasteiger partial charge in [-0.3, -0.25) is 10.1 Å². The molecule has 0 saturated carbocycles. The van der Waals surface area contributed by atoms with E-state index in [4.69, 9.17) is 0 Å². The Hall–Kier alpha value is -0.220. The molecule has 1 N–H and O–H groups in total. The van der Waals surface area contributed by atoms with Gasteiger partial charge in [-0.05, 0) is 0 Å². The van der Waals surface area contributed by atoms with Crippen LogP contribution < -0.4 is 5.32 Å². The number of rotatable bonds is 1. The molecule has 0 unspecified atom stereocenters. The number of thioether (sulfide) groups is 1. The zero-order valence-corrected chi connectivity index (χ0v) is 7.07. The van der Waals surface area contributed by atoms with Crippen molar-refractivity contribution in [2.24, 2.45) is 0 Å². The quantitative estimate of drug-likeness (QED) is 0.573. The SMILES string of the molecule is CN(C)C(=O)[C@@H]1CSCN1. The summed E-state index contributed by atoms with van der Waals surface area (Å²) in [4.78, 5) is 12.8. The minimum absolute atomic E-state index is 0.0556. The van der Waals surface area contributed by atoms with Crippen molar-refractivity contribution in [3.63, 3.8) is 0 Å². The van der Waals surface area contributed by atoms with Crippen LogP contribution in [0.3, 0.4) is 0 Å². The van der Waals surface area contributed by atoms with Crippen molar-refractivity contribution in [3.05, 3.63) is 0 Å². The number of hydrogen-bond acceptors (Lipinski definition) is 3. The Balaban J connectivity index is 2.40. The van der Waals surface area contributed by atoms with Crippen LogP contribution in [-0.4, -0.2) is 42.6 Å². The Morgan fingerprint density at radius 1 is 1.70 bits per heavy atom. The van der Waals surface area contributed by atoms with E-state index in [2.05, 4.69) is 5.32 Å². The van der Waals surface area contributed by atoms with Crippen LogP contribution in [0.25, 0.3) is 0 Å². The lowest BCUT2D eigenvalue weighted by atomic mass is 10.3. The number of hydrogen-bond donors (Lipinski definition) is 1. The molecule has 4 heteroatoms. The van der Waals surface area contributed by atoms with E-state index in [0.717, 1.165) is 11.6 Å². The van der Waals surface area contributed by atoms with Gasteiger partial charge in [-0.25, -0.2) is 0 Å². The molecule has 1 aliphatic rings. The second kappa shape index (κ2) is 3.25. The van der Waals surface area contributed by atoms with Crippen LogP contribution in [0.1, 0.15) is 0 Å². The van der Waals surface area contributed by atoms with E-state index < -0.39 is 0 Å². The highest BCUT2D eigenvalue weighted by Crippen LogP contribution is 2.10. The Morgan fingerprint density at radius 3 is 2.80 bits per heavy atom. The van der Waals surface area contributed by atoms with Gasteiger partial charge in [0.1, 0.15) is 0 Å². The third-order valence-electron chi connectivity index (χ3n) is 1.46. The summed E-state index contributed by atoms with van der Waals surface area (Å²) in [7, 11) is 3.57. The standard InChI is InChI=1S/C6H12N2OS/c1-8(2)6(9)5-3-10-4-7-5/h5,7H,3-4H2,1-2H3/t5-/m0/s1. The van der Waals surface area contributed by atoms with Crippen LogP contribution in [0.5, 0.6) is 0 Å². The Morgan fingerprint density at radius 2 is 2.40 bits per heavy atom. The molecular weight excluding hydrogens is 148 g/mol. The van der Waals surface area contributed by atoms with Gasteiger partial charge in [0.05, 0.1) is 6.04 Å². The van der Waals surface area contributed by atoms with Gasteiger partial charge < -0.3 is 4.90 Å². The lowest BCUT2D eigenvalue weighted by molar-refractivity contribution is -0.130. The molecule has 0 radical (unpaired) electrons. The summed E-state index contributed by atoms with van der Waals surface area (Å²) in [6, 6.07) is 0.0556. The summed E-state index contributed by atoms with van der Waals surface area (Å²) in [6.45, 7) is 0. The molecule has 1 saturated heterocycles. The molecule has 1 heterocycles. The van der Waals surface area contributed by atoms with Crippen molar-refractivity contribution in [2.45, 2.75) is 6.04 Å². The monoisotopic (exact) mass is 160 g/mol. The second-order valence-corrected chi connectivity index (χ2v) is 3.53. The first-order valence-corrected chi connectivity index (χ1v) is 4.39. The zero-order chi connectivity index (χ0) is 7.56. The average molecular weight is 160 g/mol. The summed E-state index contributed by atoms with van der Waals surface area (Å²) >= 11 is 1.77. The Labute approximate surface area is 65.2 Å². The van der Waals surface area contributed by atoms with Crippen molar-refractivity contribution in [1.82, 2.24) is 10.2 Å². The summed E-state index contributed by atoms with van der Waals surface area (Å²) in [6.07, 6.45) is 0. The van der Waals surface area contributed by atoms with Gasteiger partial charge in [-0.2, -0.15) is 0 Å². The van der Waals surface area contributed by atoms with Crippen LogP contribution in [0.2, 0.25) is 0 Å². The summed E-state index contributed by atoms with van der Waals surface area (Å²) in [5.41, 5.74) is 0. The van der Waals surface area contributed by atoms with Crippen molar-refractivity contribution >= 4 is 17.7 Å². The maximum atomic E-state index is 11.2. The molecule has 0 aromatic heterocycles. The Bertz CT molecular complexity index is 132. The predicted octanol–water partition coefficient (Wildman–Crippen LogP) is -0.263. The summed E-state index contributed by atoms with van der Waals surface area (Å²) in [5, 5.41) is 3.11. The second-order valence-electron chi connectivity index (χ2n) is 2.50. The smallest absolute Gasteiger partial charge is 0.240 e. The maximum Gasteiger partial charge on any atom is 0.240 e. The fourth-order valence-electron chi connectivity index (χ4n) is 0.865. The van der Waals surface area contributed by atoms with Crippen LogP contribution in [0, 0.1) is 0 Å². The highest BCUT2D eigenvalue weighted by molar-refractivity contribution is 7.99. The minimum atomic E-state index is 0.0556. The molecule has 0 aromatic carbocycles. The summed E-state index contributed by atoms with van der Waals surface area (Å²) < 4.78 is 0. The average Bonchev–Trinajstić information content (AvgIpc) is 2.36. The number of amides is 1. The zero-order valence-electron chi connectivity index (χ0n) is 6.26. The first-order chi connectivity index (χ1) is 4.72. The van der Waals surface area contributed by atoms with Crippen LogP contribution >= 0.6 is 11.8 Å². The van der Waals surface area contributed by atoms with Crippen molar-refractivity contribution in [1.29, 1.82) is 0 Å².